The van der Waals surface area contributed by atoms with Crippen LogP contribution in [0.25, 0.3) is 0 Å². The Morgan fingerprint density at radius 2 is 1.84 bits per heavy atom. The number of amides is 1. The Bertz CT molecular complexity index is 406. The minimum Gasteiger partial charge on any atom is -0.353 e. The number of halogens is 1. The number of carbonyl (C=O) groups is 1. The number of benzene rings is 1. The van der Waals surface area contributed by atoms with Crippen molar-refractivity contribution < 1.29 is 4.79 Å². The van der Waals surface area contributed by atoms with Crippen LogP contribution in [0, 0.1) is 11.8 Å². The topological polar surface area (TPSA) is 55.1 Å². The highest BCUT2D eigenvalue weighted by molar-refractivity contribution is 5.85. The summed E-state index contributed by atoms with van der Waals surface area (Å²) in [5, 5.41) is 3.07. The van der Waals surface area contributed by atoms with Gasteiger partial charge in [-0.05, 0) is 31.2 Å². The van der Waals surface area contributed by atoms with Gasteiger partial charge < -0.3 is 11.1 Å². The molecule has 0 spiro atoms. The molecule has 1 amide bonds. The summed E-state index contributed by atoms with van der Waals surface area (Å²) in [6.07, 6.45) is 2.47. The fraction of sp³-hybridized carbons (Fsp3) is 0.533. The van der Waals surface area contributed by atoms with Crippen molar-refractivity contribution in [3.63, 3.8) is 0 Å². The average Bonchev–Trinajstić information content (AvgIpc) is 3.22. The Hall–Kier alpha value is -1.06. The lowest BCUT2D eigenvalue weighted by Crippen LogP contribution is -2.41. The summed E-state index contributed by atoms with van der Waals surface area (Å²) in [7, 11) is 0. The van der Waals surface area contributed by atoms with Crippen molar-refractivity contribution >= 4 is 18.3 Å². The van der Waals surface area contributed by atoms with E-state index in [1.165, 1.54) is 12.8 Å². The fourth-order valence-electron chi connectivity index (χ4n) is 2.20. The first-order chi connectivity index (χ1) is 8.59. The summed E-state index contributed by atoms with van der Waals surface area (Å²) >= 11 is 0. The minimum absolute atomic E-state index is 0. The van der Waals surface area contributed by atoms with E-state index in [0.717, 1.165) is 5.56 Å². The molecule has 1 aromatic carbocycles. The van der Waals surface area contributed by atoms with Gasteiger partial charge in [-0.2, -0.15) is 0 Å². The molecular formula is C15H23ClN2O. The van der Waals surface area contributed by atoms with Gasteiger partial charge in [-0.3, -0.25) is 4.79 Å². The summed E-state index contributed by atoms with van der Waals surface area (Å²) in [4.78, 5) is 12.1. The summed E-state index contributed by atoms with van der Waals surface area (Å²) < 4.78 is 0. The molecule has 0 saturated heterocycles. The van der Waals surface area contributed by atoms with Crippen LogP contribution in [0.3, 0.4) is 0 Å². The first-order valence-corrected chi connectivity index (χ1v) is 6.70. The van der Waals surface area contributed by atoms with E-state index in [-0.39, 0.29) is 36.3 Å². The molecule has 4 heteroatoms. The number of nitrogens with two attached hydrogens (primary N) is 1. The fourth-order valence-corrected chi connectivity index (χ4v) is 2.20. The molecule has 0 heterocycles. The van der Waals surface area contributed by atoms with Crippen LogP contribution in [0.5, 0.6) is 0 Å². The number of rotatable bonds is 5. The van der Waals surface area contributed by atoms with Crippen LogP contribution < -0.4 is 11.1 Å². The highest BCUT2D eigenvalue weighted by Gasteiger charge is 2.31. The van der Waals surface area contributed by atoms with Crippen LogP contribution in [0.2, 0.25) is 0 Å². The minimum atomic E-state index is -0.238. The zero-order valence-corrected chi connectivity index (χ0v) is 12.3. The van der Waals surface area contributed by atoms with Crippen molar-refractivity contribution in [2.75, 3.05) is 0 Å². The third kappa shape index (κ3) is 4.22. The van der Waals surface area contributed by atoms with E-state index in [4.69, 9.17) is 5.73 Å². The summed E-state index contributed by atoms with van der Waals surface area (Å²) in [6.45, 7) is 3.98. The van der Waals surface area contributed by atoms with Crippen LogP contribution >= 0.6 is 12.4 Å². The predicted molar refractivity (Wildman–Crippen MR) is 80.1 cm³/mol. The van der Waals surface area contributed by atoms with Crippen molar-refractivity contribution in [1.82, 2.24) is 5.32 Å². The molecule has 1 aliphatic rings. The molecule has 0 aliphatic heterocycles. The SMILES string of the molecule is CC(NC(=O)C(C)C(N)c1ccccc1)C1CC1.Cl. The second kappa shape index (κ2) is 6.92. The largest absolute Gasteiger partial charge is 0.353 e. The van der Waals surface area contributed by atoms with E-state index in [2.05, 4.69) is 12.2 Å². The van der Waals surface area contributed by atoms with Gasteiger partial charge in [-0.25, -0.2) is 0 Å². The first-order valence-electron chi connectivity index (χ1n) is 6.70. The second-order valence-corrected chi connectivity index (χ2v) is 5.36. The third-order valence-electron chi connectivity index (χ3n) is 3.84. The van der Waals surface area contributed by atoms with E-state index in [1.807, 2.05) is 37.3 Å². The average molecular weight is 283 g/mol. The van der Waals surface area contributed by atoms with Crippen molar-refractivity contribution in [1.29, 1.82) is 0 Å². The molecule has 0 aromatic heterocycles. The summed E-state index contributed by atoms with van der Waals surface area (Å²) in [5.41, 5.74) is 7.16. The van der Waals surface area contributed by atoms with Gasteiger partial charge in [0, 0.05) is 12.1 Å². The van der Waals surface area contributed by atoms with Crippen molar-refractivity contribution in [3.05, 3.63) is 35.9 Å². The van der Waals surface area contributed by atoms with Crippen LogP contribution in [0.1, 0.15) is 38.3 Å². The van der Waals surface area contributed by atoms with Crippen LogP contribution in [0.15, 0.2) is 30.3 Å². The van der Waals surface area contributed by atoms with Gasteiger partial charge >= 0.3 is 0 Å². The molecule has 1 fully saturated rings. The summed E-state index contributed by atoms with van der Waals surface area (Å²) in [6, 6.07) is 9.84. The molecule has 3 N–H and O–H groups in total. The van der Waals surface area contributed by atoms with Gasteiger partial charge in [0.15, 0.2) is 0 Å². The Kier molecular flexibility index (Phi) is 5.83. The smallest absolute Gasteiger partial charge is 0.224 e. The maximum atomic E-state index is 12.1. The molecule has 3 atom stereocenters. The second-order valence-electron chi connectivity index (χ2n) is 5.36. The summed E-state index contributed by atoms with van der Waals surface area (Å²) in [5.74, 6) is 0.536. The van der Waals surface area contributed by atoms with Crippen LogP contribution in [0.4, 0.5) is 0 Å². The number of carbonyl (C=O) groups excluding carboxylic acids is 1. The number of nitrogens with one attached hydrogen (secondary N) is 1. The maximum Gasteiger partial charge on any atom is 0.224 e. The molecule has 2 rings (SSSR count). The normalized spacial score (nSPS) is 18.9. The molecule has 0 bridgehead atoms. The Labute approximate surface area is 121 Å². The van der Waals surface area contributed by atoms with E-state index < -0.39 is 0 Å². The highest BCUT2D eigenvalue weighted by Crippen LogP contribution is 2.32. The van der Waals surface area contributed by atoms with Gasteiger partial charge in [0.25, 0.3) is 0 Å². The van der Waals surface area contributed by atoms with Crippen molar-refractivity contribution in [3.8, 4) is 0 Å². The zero-order valence-electron chi connectivity index (χ0n) is 11.5. The number of hydrogen-bond acceptors (Lipinski definition) is 2. The predicted octanol–water partition coefficient (Wildman–Crippen LogP) is 2.66. The highest BCUT2D eigenvalue weighted by atomic mass is 35.5. The van der Waals surface area contributed by atoms with Crippen LogP contribution in [-0.4, -0.2) is 11.9 Å². The standard InChI is InChI=1S/C15H22N2O.ClH/c1-10(14(16)13-6-4-3-5-7-13)15(18)17-11(2)12-8-9-12;/h3-7,10-12,14H,8-9,16H2,1-2H3,(H,17,18);1H. The van der Waals surface area contributed by atoms with Crippen molar-refractivity contribution in [2.24, 2.45) is 17.6 Å². The lowest BCUT2D eigenvalue weighted by atomic mass is 9.94. The number of hydrogen-bond donors (Lipinski definition) is 2. The monoisotopic (exact) mass is 282 g/mol. The van der Waals surface area contributed by atoms with E-state index >= 15 is 0 Å². The van der Waals surface area contributed by atoms with Gasteiger partial charge in [-0.1, -0.05) is 37.3 Å². The van der Waals surface area contributed by atoms with E-state index in [0.29, 0.717) is 5.92 Å². The van der Waals surface area contributed by atoms with Crippen LogP contribution in [-0.2, 0) is 4.79 Å². The zero-order chi connectivity index (χ0) is 13.1. The van der Waals surface area contributed by atoms with Gasteiger partial charge in [0.1, 0.15) is 0 Å². The quantitative estimate of drug-likeness (QED) is 0.872. The maximum absolute atomic E-state index is 12.1. The Morgan fingerprint density at radius 1 is 1.26 bits per heavy atom. The molecule has 0 radical (unpaired) electrons. The molecule has 3 nitrogen and oxygen atoms in total. The molecule has 1 aromatic rings. The van der Waals surface area contributed by atoms with Gasteiger partial charge in [-0.15, -0.1) is 12.4 Å². The Morgan fingerprint density at radius 3 is 2.37 bits per heavy atom. The molecular weight excluding hydrogens is 260 g/mol. The molecule has 3 unspecified atom stereocenters. The van der Waals surface area contributed by atoms with E-state index in [9.17, 15) is 4.79 Å². The Balaban J connectivity index is 0.00000180. The third-order valence-corrected chi connectivity index (χ3v) is 3.84. The first kappa shape index (κ1) is 16.0. The molecule has 1 saturated carbocycles. The van der Waals surface area contributed by atoms with E-state index in [1.54, 1.807) is 0 Å². The molecule has 19 heavy (non-hydrogen) atoms. The lowest BCUT2D eigenvalue weighted by Gasteiger charge is -2.22. The molecule has 106 valence electrons. The molecule has 1 aliphatic carbocycles. The lowest BCUT2D eigenvalue weighted by molar-refractivity contribution is -0.125. The van der Waals surface area contributed by atoms with Gasteiger partial charge in [0.05, 0.1) is 5.92 Å². The van der Waals surface area contributed by atoms with Crippen molar-refractivity contribution in [2.45, 2.75) is 38.8 Å². The van der Waals surface area contributed by atoms with Gasteiger partial charge in [0.2, 0.25) is 5.91 Å².